The molecule has 0 fully saturated rings. The van der Waals surface area contributed by atoms with Gasteiger partial charge < -0.3 is 14.5 Å². The number of carbonyl (C=O) groups excluding carboxylic acids is 2. The van der Waals surface area contributed by atoms with Gasteiger partial charge in [0.15, 0.2) is 5.58 Å². The lowest BCUT2D eigenvalue weighted by atomic mass is 10.1. The van der Waals surface area contributed by atoms with E-state index in [4.69, 9.17) is 4.42 Å². The van der Waals surface area contributed by atoms with Gasteiger partial charge in [-0.05, 0) is 29.8 Å². The molecule has 0 saturated carbocycles. The third-order valence-electron chi connectivity index (χ3n) is 3.74. The van der Waals surface area contributed by atoms with Crippen molar-refractivity contribution < 1.29 is 18.7 Å². The number of amides is 1. The Balaban J connectivity index is 1.64. The molecule has 1 amide bonds. The Kier molecular flexibility index (Phi) is 4.65. The molecule has 0 aliphatic carbocycles. The Morgan fingerprint density at radius 1 is 1.12 bits per heavy atom. The number of ether oxygens (including phenoxy) is 1. The van der Waals surface area contributed by atoms with Crippen LogP contribution in [0.1, 0.15) is 15.9 Å². The molecule has 25 heavy (non-hydrogen) atoms. The van der Waals surface area contributed by atoms with Crippen LogP contribution >= 0.6 is 0 Å². The second-order valence-corrected chi connectivity index (χ2v) is 5.39. The highest BCUT2D eigenvalue weighted by atomic mass is 16.5. The molecule has 0 saturated heterocycles. The average molecular weight is 340 g/mol. The van der Waals surface area contributed by atoms with E-state index in [1.54, 1.807) is 48.5 Å². The molecule has 7 heteroatoms. The van der Waals surface area contributed by atoms with Gasteiger partial charge in [0, 0.05) is 6.54 Å². The Morgan fingerprint density at radius 2 is 1.84 bits per heavy atom. The minimum Gasteiger partial charge on any atom is -0.465 e. The Hall–Kier alpha value is -3.35. The molecule has 0 aliphatic heterocycles. The van der Waals surface area contributed by atoms with E-state index in [1.165, 1.54) is 11.7 Å². The van der Waals surface area contributed by atoms with E-state index >= 15 is 0 Å². The largest absolute Gasteiger partial charge is 0.465 e. The van der Waals surface area contributed by atoms with Crippen LogP contribution in [0.4, 0.5) is 0 Å². The number of oxazole rings is 1. The average Bonchev–Trinajstić information content (AvgIpc) is 2.95. The number of carbonyl (C=O) groups is 2. The number of hydrogen-bond donors (Lipinski definition) is 1. The van der Waals surface area contributed by atoms with Crippen molar-refractivity contribution >= 4 is 23.0 Å². The fourth-order valence-corrected chi connectivity index (χ4v) is 2.44. The second-order valence-electron chi connectivity index (χ2n) is 5.39. The molecule has 1 aromatic heterocycles. The maximum absolute atomic E-state index is 12.1. The van der Waals surface area contributed by atoms with Crippen LogP contribution in [-0.2, 0) is 22.6 Å². The number of nitrogens with zero attached hydrogens (tertiary/aromatic N) is 1. The van der Waals surface area contributed by atoms with Gasteiger partial charge in [-0.1, -0.05) is 24.3 Å². The molecule has 2 aromatic carbocycles. The highest BCUT2D eigenvalue weighted by Crippen LogP contribution is 2.11. The zero-order valence-corrected chi connectivity index (χ0v) is 13.5. The van der Waals surface area contributed by atoms with E-state index in [2.05, 4.69) is 10.1 Å². The van der Waals surface area contributed by atoms with Crippen molar-refractivity contribution in [2.75, 3.05) is 7.11 Å². The number of hydrogen-bond acceptors (Lipinski definition) is 5. The number of para-hydroxylation sites is 2. The molecular formula is C18H16N2O5. The number of aromatic nitrogens is 1. The zero-order chi connectivity index (χ0) is 17.8. The van der Waals surface area contributed by atoms with Crippen molar-refractivity contribution in [3.63, 3.8) is 0 Å². The van der Waals surface area contributed by atoms with Crippen LogP contribution in [0.2, 0.25) is 0 Å². The van der Waals surface area contributed by atoms with E-state index in [0.717, 1.165) is 5.56 Å². The predicted molar refractivity (Wildman–Crippen MR) is 90.1 cm³/mol. The number of esters is 1. The monoisotopic (exact) mass is 340 g/mol. The molecule has 7 nitrogen and oxygen atoms in total. The van der Waals surface area contributed by atoms with Crippen molar-refractivity contribution in [2.45, 2.75) is 13.1 Å². The third-order valence-corrected chi connectivity index (χ3v) is 3.74. The van der Waals surface area contributed by atoms with Gasteiger partial charge in [0.05, 0.1) is 18.2 Å². The summed E-state index contributed by atoms with van der Waals surface area (Å²) < 4.78 is 11.0. The maximum Gasteiger partial charge on any atom is 0.420 e. The Morgan fingerprint density at radius 3 is 2.56 bits per heavy atom. The fourth-order valence-electron chi connectivity index (χ4n) is 2.44. The Labute approximate surface area is 142 Å². The number of rotatable bonds is 5. The Bertz CT molecular complexity index is 969. The van der Waals surface area contributed by atoms with Crippen molar-refractivity contribution in [1.82, 2.24) is 9.88 Å². The summed E-state index contributed by atoms with van der Waals surface area (Å²) >= 11 is 0. The normalized spacial score (nSPS) is 10.6. The summed E-state index contributed by atoms with van der Waals surface area (Å²) in [5.41, 5.74) is 2.28. The van der Waals surface area contributed by atoms with Crippen LogP contribution in [-0.4, -0.2) is 23.6 Å². The smallest absolute Gasteiger partial charge is 0.420 e. The summed E-state index contributed by atoms with van der Waals surface area (Å²) in [5, 5.41) is 2.74. The molecule has 0 spiro atoms. The molecule has 0 bridgehead atoms. The van der Waals surface area contributed by atoms with E-state index in [9.17, 15) is 14.4 Å². The van der Waals surface area contributed by atoms with Gasteiger partial charge in [-0.15, -0.1) is 0 Å². The quantitative estimate of drug-likeness (QED) is 0.714. The molecule has 128 valence electrons. The number of methoxy groups -OCH3 is 1. The summed E-state index contributed by atoms with van der Waals surface area (Å²) in [6, 6.07) is 13.6. The predicted octanol–water partition coefficient (Wildman–Crippen LogP) is 1.70. The van der Waals surface area contributed by atoms with E-state index in [-0.39, 0.29) is 19.0 Å². The molecule has 1 heterocycles. The SMILES string of the molecule is COC(=O)c1ccc(CNC(=O)Cn2c(=O)oc3ccccc32)cc1. The lowest BCUT2D eigenvalue weighted by Crippen LogP contribution is -2.30. The first kappa shape index (κ1) is 16.5. The van der Waals surface area contributed by atoms with E-state index in [1.807, 2.05) is 0 Å². The molecule has 0 unspecified atom stereocenters. The highest BCUT2D eigenvalue weighted by Gasteiger charge is 2.12. The van der Waals surface area contributed by atoms with Gasteiger partial charge in [0.2, 0.25) is 5.91 Å². The summed E-state index contributed by atoms with van der Waals surface area (Å²) in [5.74, 6) is -1.30. The van der Waals surface area contributed by atoms with Gasteiger partial charge >= 0.3 is 11.7 Å². The lowest BCUT2D eigenvalue weighted by Gasteiger charge is -2.06. The van der Waals surface area contributed by atoms with Gasteiger partial charge in [-0.3, -0.25) is 9.36 Å². The molecule has 0 atom stereocenters. The van der Waals surface area contributed by atoms with Crippen molar-refractivity contribution in [3.05, 3.63) is 70.2 Å². The fraction of sp³-hybridized carbons (Fsp3) is 0.167. The topological polar surface area (TPSA) is 90.5 Å². The third kappa shape index (κ3) is 3.60. The van der Waals surface area contributed by atoms with Crippen molar-refractivity contribution in [1.29, 1.82) is 0 Å². The van der Waals surface area contributed by atoms with Crippen LogP contribution in [0.3, 0.4) is 0 Å². The van der Waals surface area contributed by atoms with Crippen LogP contribution in [0, 0.1) is 0 Å². The lowest BCUT2D eigenvalue weighted by molar-refractivity contribution is -0.121. The zero-order valence-electron chi connectivity index (χ0n) is 13.5. The van der Waals surface area contributed by atoms with Crippen LogP contribution in [0.15, 0.2) is 57.7 Å². The van der Waals surface area contributed by atoms with Gasteiger partial charge in [-0.2, -0.15) is 0 Å². The molecule has 3 aromatic rings. The van der Waals surface area contributed by atoms with Gasteiger partial charge in [0.1, 0.15) is 6.54 Å². The minimum absolute atomic E-state index is 0.129. The van der Waals surface area contributed by atoms with Crippen LogP contribution < -0.4 is 11.1 Å². The van der Waals surface area contributed by atoms with E-state index in [0.29, 0.717) is 16.7 Å². The van der Waals surface area contributed by atoms with Crippen LogP contribution in [0.5, 0.6) is 0 Å². The summed E-state index contributed by atoms with van der Waals surface area (Å²) in [7, 11) is 1.32. The minimum atomic E-state index is -0.571. The van der Waals surface area contributed by atoms with Gasteiger partial charge in [-0.25, -0.2) is 9.59 Å². The molecule has 0 radical (unpaired) electrons. The molecule has 3 rings (SSSR count). The van der Waals surface area contributed by atoms with Crippen LogP contribution in [0.25, 0.3) is 11.1 Å². The standard InChI is InChI=1S/C18H16N2O5/c1-24-17(22)13-8-6-12(7-9-13)10-19-16(21)11-20-14-4-2-3-5-15(14)25-18(20)23/h2-9H,10-11H2,1H3,(H,19,21). The number of fused-ring (bicyclic) bond motifs is 1. The first-order chi connectivity index (χ1) is 12.1. The molecule has 1 N–H and O–H groups in total. The number of nitrogens with one attached hydrogen (secondary N) is 1. The van der Waals surface area contributed by atoms with Gasteiger partial charge in [0.25, 0.3) is 0 Å². The number of benzene rings is 2. The summed E-state index contributed by atoms with van der Waals surface area (Å²) in [6.07, 6.45) is 0. The van der Waals surface area contributed by atoms with Crippen molar-refractivity contribution in [2.24, 2.45) is 0 Å². The van der Waals surface area contributed by atoms with Crippen molar-refractivity contribution in [3.8, 4) is 0 Å². The second kappa shape index (κ2) is 7.04. The first-order valence-electron chi connectivity index (χ1n) is 7.61. The highest BCUT2D eigenvalue weighted by molar-refractivity contribution is 5.89. The maximum atomic E-state index is 12.1. The summed E-state index contributed by atoms with van der Waals surface area (Å²) in [4.78, 5) is 35.3. The molecule has 0 aliphatic rings. The molecular weight excluding hydrogens is 324 g/mol. The summed E-state index contributed by atoms with van der Waals surface area (Å²) in [6.45, 7) is 0.154. The first-order valence-corrected chi connectivity index (χ1v) is 7.61. The van der Waals surface area contributed by atoms with E-state index < -0.39 is 11.7 Å².